The molecule has 1 aliphatic rings. The zero-order valence-electron chi connectivity index (χ0n) is 11.3. The van der Waals surface area contributed by atoms with Gasteiger partial charge in [-0.05, 0) is 61.7 Å². The van der Waals surface area contributed by atoms with E-state index in [1.807, 2.05) is 11.3 Å². The van der Waals surface area contributed by atoms with Gasteiger partial charge in [0.05, 0.1) is 18.2 Å². The van der Waals surface area contributed by atoms with Crippen LogP contribution >= 0.6 is 27.3 Å². The maximum absolute atomic E-state index is 6.05. The summed E-state index contributed by atoms with van der Waals surface area (Å²) in [6, 6.07) is 2.60. The van der Waals surface area contributed by atoms with Gasteiger partial charge in [-0.1, -0.05) is 6.92 Å². The Morgan fingerprint density at radius 1 is 1.56 bits per heavy atom. The van der Waals surface area contributed by atoms with Crippen molar-refractivity contribution in [2.24, 2.45) is 0 Å². The van der Waals surface area contributed by atoms with Crippen LogP contribution in [0.15, 0.2) is 10.5 Å². The summed E-state index contributed by atoms with van der Waals surface area (Å²) in [6.07, 6.45) is 4.24. The molecule has 0 amide bonds. The fraction of sp³-hybridized carbons (Fsp3) is 0.714. The zero-order chi connectivity index (χ0) is 13.1. The SMILES string of the molecule is CCCNC(c1cc(Br)c(C)s1)C1CCC(C)O1. The van der Waals surface area contributed by atoms with Crippen LogP contribution in [0.5, 0.6) is 0 Å². The van der Waals surface area contributed by atoms with E-state index in [0.717, 1.165) is 19.4 Å². The minimum Gasteiger partial charge on any atom is -0.373 e. The van der Waals surface area contributed by atoms with Crippen molar-refractivity contribution in [3.8, 4) is 0 Å². The van der Waals surface area contributed by atoms with E-state index in [0.29, 0.717) is 18.2 Å². The molecule has 4 heteroatoms. The van der Waals surface area contributed by atoms with E-state index in [4.69, 9.17) is 4.74 Å². The molecule has 1 aromatic heterocycles. The summed E-state index contributed by atoms with van der Waals surface area (Å²) in [5.74, 6) is 0. The van der Waals surface area contributed by atoms with Crippen LogP contribution in [0.1, 0.15) is 48.9 Å². The summed E-state index contributed by atoms with van der Waals surface area (Å²) < 4.78 is 7.27. The topological polar surface area (TPSA) is 21.3 Å². The number of nitrogens with one attached hydrogen (secondary N) is 1. The molecule has 0 aromatic carbocycles. The largest absolute Gasteiger partial charge is 0.373 e. The molecule has 1 fully saturated rings. The van der Waals surface area contributed by atoms with Gasteiger partial charge in [-0.2, -0.15) is 0 Å². The van der Waals surface area contributed by atoms with Crippen molar-refractivity contribution in [3.63, 3.8) is 0 Å². The van der Waals surface area contributed by atoms with Gasteiger partial charge in [-0.15, -0.1) is 11.3 Å². The molecule has 0 saturated carbocycles. The molecule has 102 valence electrons. The van der Waals surface area contributed by atoms with Gasteiger partial charge in [-0.3, -0.25) is 0 Å². The molecule has 3 unspecified atom stereocenters. The van der Waals surface area contributed by atoms with Gasteiger partial charge in [0.1, 0.15) is 0 Å². The highest BCUT2D eigenvalue weighted by molar-refractivity contribution is 9.10. The Bertz CT molecular complexity index is 374. The van der Waals surface area contributed by atoms with Crippen LogP contribution in [0.2, 0.25) is 0 Å². The van der Waals surface area contributed by atoms with E-state index in [2.05, 4.69) is 48.1 Å². The van der Waals surface area contributed by atoms with Crippen molar-refractivity contribution in [3.05, 3.63) is 20.3 Å². The molecule has 0 spiro atoms. The normalized spacial score (nSPS) is 25.6. The molecule has 2 heterocycles. The van der Waals surface area contributed by atoms with Crippen molar-refractivity contribution < 1.29 is 4.74 Å². The standard InChI is InChI=1S/C14H22BrNOS/c1-4-7-16-14(12-6-5-9(2)17-12)13-8-11(15)10(3)18-13/h8-9,12,14,16H,4-7H2,1-3H3. The average Bonchev–Trinajstić information content (AvgIpc) is 2.88. The highest BCUT2D eigenvalue weighted by Crippen LogP contribution is 2.36. The van der Waals surface area contributed by atoms with Gasteiger partial charge >= 0.3 is 0 Å². The number of aryl methyl sites for hydroxylation is 1. The van der Waals surface area contributed by atoms with Crippen LogP contribution in [0, 0.1) is 6.92 Å². The molecule has 1 saturated heterocycles. The third-order valence-electron chi connectivity index (χ3n) is 3.43. The number of thiophene rings is 1. The van der Waals surface area contributed by atoms with E-state index in [-0.39, 0.29) is 0 Å². The van der Waals surface area contributed by atoms with Gasteiger partial charge in [0.15, 0.2) is 0 Å². The predicted octanol–water partition coefficient (Wildman–Crippen LogP) is 4.43. The second kappa shape index (κ2) is 6.51. The first-order valence-electron chi connectivity index (χ1n) is 6.76. The van der Waals surface area contributed by atoms with Crippen LogP contribution < -0.4 is 5.32 Å². The van der Waals surface area contributed by atoms with Crippen molar-refractivity contribution >= 4 is 27.3 Å². The predicted molar refractivity (Wildman–Crippen MR) is 81.4 cm³/mol. The smallest absolute Gasteiger partial charge is 0.0782 e. The quantitative estimate of drug-likeness (QED) is 0.861. The molecule has 1 aliphatic heterocycles. The molecule has 0 bridgehead atoms. The van der Waals surface area contributed by atoms with E-state index in [1.165, 1.54) is 20.6 Å². The Morgan fingerprint density at radius 3 is 2.83 bits per heavy atom. The third-order valence-corrected chi connectivity index (χ3v) is 5.65. The Morgan fingerprint density at radius 2 is 2.33 bits per heavy atom. The zero-order valence-corrected chi connectivity index (χ0v) is 13.7. The van der Waals surface area contributed by atoms with Crippen molar-refractivity contribution in [2.45, 2.75) is 58.3 Å². The third kappa shape index (κ3) is 3.35. The number of hydrogen-bond acceptors (Lipinski definition) is 3. The second-order valence-corrected chi connectivity index (χ2v) is 7.19. The minimum atomic E-state index is 0.330. The lowest BCUT2D eigenvalue weighted by atomic mass is 10.1. The Labute approximate surface area is 122 Å². The monoisotopic (exact) mass is 331 g/mol. The number of rotatable bonds is 5. The number of halogens is 1. The first-order valence-corrected chi connectivity index (χ1v) is 8.37. The van der Waals surface area contributed by atoms with Crippen molar-refractivity contribution in [1.82, 2.24) is 5.32 Å². The Hall–Kier alpha value is 0.1000. The fourth-order valence-corrected chi connectivity index (χ4v) is 4.12. The van der Waals surface area contributed by atoms with Gasteiger partial charge < -0.3 is 10.1 Å². The molecular weight excluding hydrogens is 310 g/mol. The fourth-order valence-electron chi connectivity index (χ4n) is 2.43. The average molecular weight is 332 g/mol. The molecule has 3 atom stereocenters. The molecule has 2 rings (SSSR count). The summed E-state index contributed by atoms with van der Waals surface area (Å²) in [5, 5.41) is 3.65. The molecule has 0 aliphatic carbocycles. The first-order chi connectivity index (χ1) is 8.61. The van der Waals surface area contributed by atoms with Gasteiger partial charge in [0.2, 0.25) is 0 Å². The summed E-state index contributed by atoms with van der Waals surface area (Å²) in [4.78, 5) is 2.74. The van der Waals surface area contributed by atoms with Crippen LogP contribution in [-0.4, -0.2) is 18.8 Å². The van der Waals surface area contributed by atoms with Crippen molar-refractivity contribution in [2.75, 3.05) is 6.54 Å². The molecule has 0 radical (unpaired) electrons. The lowest BCUT2D eigenvalue weighted by molar-refractivity contribution is 0.0324. The van der Waals surface area contributed by atoms with Crippen LogP contribution in [0.3, 0.4) is 0 Å². The van der Waals surface area contributed by atoms with Crippen LogP contribution in [-0.2, 0) is 4.74 Å². The van der Waals surface area contributed by atoms with Crippen LogP contribution in [0.4, 0.5) is 0 Å². The first kappa shape index (κ1) is 14.5. The van der Waals surface area contributed by atoms with E-state index < -0.39 is 0 Å². The highest BCUT2D eigenvalue weighted by Gasteiger charge is 2.31. The number of hydrogen-bond donors (Lipinski definition) is 1. The highest BCUT2D eigenvalue weighted by atomic mass is 79.9. The molecule has 2 nitrogen and oxygen atoms in total. The minimum absolute atomic E-state index is 0.330. The maximum atomic E-state index is 6.05. The van der Waals surface area contributed by atoms with Gasteiger partial charge in [0.25, 0.3) is 0 Å². The summed E-state index contributed by atoms with van der Waals surface area (Å²) in [5.41, 5.74) is 0. The Kier molecular flexibility index (Phi) is 5.24. The second-order valence-electron chi connectivity index (χ2n) is 5.05. The number of ether oxygens (including phenoxy) is 1. The summed E-state index contributed by atoms with van der Waals surface area (Å²) in [6.45, 7) is 7.59. The lowest BCUT2D eigenvalue weighted by Gasteiger charge is -2.23. The van der Waals surface area contributed by atoms with Gasteiger partial charge in [-0.25, -0.2) is 0 Å². The molecular formula is C14H22BrNOS. The van der Waals surface area contributed by atoms with E-state index in [1.54, 1.807) is 0 Å². The van der Waals surface area contributed by atoms with E-state index in [9.17, 15) is 0 Å². The molecule has 18 heavy (non-hydrogen) atoms. The summed E-state index contributed by atoms with van der Waals surface area (Å²) >= 11 is 5.49. The lowest BCUT2D eigenvalue weighted by Crippen LogP contribution is -2.32. The maximum Gasteiger partial charge on any atom is 0.0782 e. The van der Waals surface area contributed by atoms with E-state index >= 15 is 0 Å². The molecule has 1 aromatic rings. The summed E-state index contributed by atoms with van der Waals surface area (Å²) in [7, 11) is 0. The molecule has 1 N–H and O–H groups in total. The Balaban J connectivity index is 2.13. The van der Waals surface area contributed by atoms with Crippen LogP contribution in [0.25, 0.3) is 0 Å². The van der Waals surface area contributed by atoms with Crippen molar-refractivity contribution in [1.29, 1.82) is 0 Å². The van der Waals surface area contributed by atoms with Gasteiger partial charge in [0, 0.05) is 14.2 Å².